The number of hydrogen-bond acceptors (Lipinski definition) is 7. The van der Waals surface area contributed by atoms with E-state index < -0.39 is 0 Å². The molecule has 3 heterocycles. The SMILES string of the molecule is COc1ccc(-c2cn3nc(NCc4cccnc4)sc3n2)cc1OC. The molecule has 0 fully saturated rings. The largest absolute Gasteiger partial charge is 0.493 e. The summed E-state index contributed by atoms with van der Waals surface area (Å²) in [5.74, 6) is 1.37. The predicted octanol–water partition coefficient (Wildman–Crippen LogP) is 3.48. The van der Waals surface area contributed by atoms with E-state index in [0.29, 0.717) is 18.0 Å². The van der Waals surface area contributed by atoms with Crippen LogP contribution < -0.4 is 14.8 Å². The van der Waals surface area contributed by atoms with Crippen LogP contribution in [0.2, 0.25) is 0 Å². The monoisotopic (exact) mass is 367 g/mol. The van der Waals surface area contributed by atoms with Gasteiger partial charge in [-0.05, 0) is 29.8 Å². The van der Waals surface area contributed by atoms with Crippen LogP contribution in [-0.2, 0) is 6.54 Å². The maximum Gasteiger partial charge on any atom is 0.214 e. The van der Waals surface area contributed by atoms with Gasteiger partial charge < -0.3 is 14.8 Å². The second-order valence-electron chi connectivity index (χ2n) is 5.55. The van der Waals surface area contributed by atoms with Crippen molar-refractivity contribution in [2.24, 2.45) is 0 Å². The number of rotatable bonds is 6. The summed E-state index contributed by atoms with van der Waals surface area (Å²) in [4.78, 5) is 9.59. The first-order valence-electron chi connectivity index (χ1n) is 7.98. The third-order valence-corrected chi connectivity index (χ3v) is 4.77. The first-order chi connectivity index (χ1) is 12.8. The average Bonchev–Trinajstić information content (AvgIpc) is 3.25. The summed E-state index contributed by atoms with van der Waals surface area (Å²) >= 11 is 1.50. The van der Waals surface area contributed by atoms with Gasteiger partial charge in [-0.1, -0.05) is 17.4 Å². The van der Waals surface area contributed by atoms with Gasteiger partial charge in [0.05, 0.1) is 26.1 Å². The van der Waals surface area contributed by atoms with Crippen LogP contribution in [0.5, 0.6) is 11.5 Å². The second-order valence-corrected chi connectivity index (χ2v) is 6.50. The smallest absolute Gasteiger partial charge is 0.214 e. The quantitative estimate of drug-likeness (QED) is 0.562. The normalized spacial score (nSPS) is 10.8. The van der Waals surface area contributed by atoms with Gasteiger partial charge in [-0.15, -0.1) is 5.10 Å². The molecule has 3 aromatic heterocycles. The number of fused-ring (bicyclic) bond motifs is 1. The zero-order chi connectivity index (χ0) is 17.9. The van der Waals surface area contributed by atoms with Crippen molar-refractivity contribution in [3.8, 4) is 22.8 Å². The molecule has 1 N–H and O–H groups in total. The molecule has 0 spiro atoms. The molecule has 4 aromatic rings. The highest BCUT2D eigenvalue weighted by Gasteiger charge is 2.12. The molecule has 0 atom stereocenters. The van der Waals surface area contributed by atoms with Crippen LogP contribution in [0.25, 0.3) is 16.2 Å². The van der Waals surface area contributed by atoms with E-state index in [9.17, 15) is 0 Å². The van der Waals surface area contributed by atoms with Gasteiger partial charge in [0.15, 0.2) is 11.5 Å². The average molecular weight is 367 g/mol. The van der Waals surface area contributed by atoms with Crippen molar-refractivity contribution in [1.29, 1.82) is 0 Å². The number of aromatic nitrogens is 4. The third-order valence-electron chi connectivity index (χ3n) is 3.89. The number of ether oxygens (including phenoxy) is 2. The Bertz CT molecular complexity index is 997. The van der Waals surface area contributed by atoms with Crippen molar-refractivity contribution in [2.45, 2.75) is 6.54 Å². The van der Waals surface area contributed by atoms with Gasteiger partial charge in [0.2, 0.25) is 10.1 Å². The maximum atomic E-state index is 5.36. The molecular formula is C18H17N5O2S. The minimum atomic E-state index is 0.674. The summed E-state index contributed by atoms with van der Waals surface area (Å²) in [6.07, 6.45) is 5.50. The van der Waals surface area contributed by atoms with Crippen molar-refractivity contribution in [2.75, 3.05) is 19.5 Å². The van der Waals surface area contributed by atoms with Crippen molar-refractivity contribution in [3.63, 3.8) is 0 Å². The van der Waals surface area contributed by atoms with Gasteiger partial charge in [-0.25, -0.2) is 9.50 Å². The number of pyridine rings is 1. The summed E-state index contributed by atoms with van der Waals surface area (Å²) in [6, 6.07) is 9.67. The van der Waals surface area contributed by atoms with E-state index in [1.807, 2.05) is 42.7 Å². The maximum absolute atomic E-state index is 5.36. The van der Waals surface area contributed by atoms with E-state index in [1.54, 1.807) is 24.9 Å². The third kappa shape index (κ3) is 3.18. The van der Waals surface area contributed by atoms with Crippen LogP contribution in [0.4, 0.5) is 5.13 Å². The molecule has 7 nitrogen and oxygen atoms in total. The minimum absolute atomic E-state index is 0.674. The highest BCUT2D eigenvalue weighted by atomic mass is 32.1. The highest BCUT2D eigenvalue weighted by Crippen LogP contribution is 2.32. The molecule has 26 heavy (non-hydrogen) atoms. The fourth-order valence-corrected chi connectivity index (χ4v) is 3.36. The summed E-state index contributed by atoms with van der Waals surface area (Å²) in [5, 5.41) is 8.65. The van der Waals surface area contributed by atoms with E-state index in [4.69, 9.17) is 9.47 Å². The van der Waals surface area contributed by atoms with E-state index in [1.165, 1.54) is 11.3 Å². The number of hydrogen-bond donors (Lipinski definition) is 1. The Hall–Kier alpha value is -3.13. The Morgan fingerprint density at radius 2 is 2.04 bits per heavy atom. The molecule has 0 radical (unpaired) electrons. The first kappa shape index (κ1) is 16.3. The molecule has 4 rings (SSSR count). The summed E-state index contributed by atoms with van der Waals surface area (Å²) in [6.45, 7) is 0.674. The van der Waals surface area contributed by atoms with Crippen molar-refractivity contribution in [3.05, 3.63) is 54.5 Å². The van der Waals surface area contributed by atoms with Gasteiger partial charge in [0.25, 0.3) is 0 Å². The van der Waals surface area contributed by atoms with E-state index >= 15 is 0 Å². The number of imidazole rings is 1. The molecule has 0 bridgehead atoms. The molecular weight excluding hydrogens is 350 g/mol. The molecule has 0 aliphatic heterocycles. The predicted molar refractivity (Wildman–Crippen MR) is 101 cm³/mol. The Labute approximate surface area is 154 Å². The van der Waals surface area contributed by atoms with E-state index in [2.05, 4.69) is 20.4 Å². The minimum Gasteiger partial charge on any atom is -0.493 e. The Kier molecular flexibility index (Phi) is 4.40. The molecule has 0 unspecified atom stereocenters. The zero-order valence-corrected chi connectivity index (χ0v) is 15.2. The van der Waals surface area contributed by atoms with Crippen LogP contribution in [-0.4, -0.2) is 33.8 Å². The standard InChI is InChI=1S/C18H17N5O2S/c1-24-15-6-5-13(8-16(15)25-2)14-11-23-18(21-14)26-17(22-23)20-10-12-4-3-7-19-9-12/h3-9,11H,10H2,1-2H3,(H,20,22). The van der Waals surface area contributed by atoms with Crippen LogP contribution in [0.3, 0.4) is 0 Å². The van der Waals surface area contributed by atoms with Gasteiger partial charge >= 0.3 is 0 Å². The highest BCUT2D eigenvalue weighted by molar-refractivity contribution is 7.20. The lowest BCUT2D eigenvalue weighted by atomic mass is 10.1. The van der Waals surface area contributed by atoms with E-state index in [0.717, 1.165) is 26.9 Å². The first-order valence-corrected chi connectivity index (χ1v) is 8.80. The van der Waals surface area contributed by atoms with E-state index in [-0.39, 0.29) is 0 Å². The van der Waals surface area contributed by atoms with Gasteiger partial charge in [0, 0.05) is 24.5 Å². The van der Waals surface area contributed by atoms with Crippen LogP contribution in [0.1, 0.15) is 5.56 Å². The van der Waals surface area contributed by atoms with Crippen molar-refractivity contribution >= 4 is 21.4 Å². The lowest BCUT2D eigenvalue weighted by Gasteiger charge is -2.08. The number of anilines is 1. The summed E-state index contributed by atoms with van der Waals surface area (Å²) in [7, 11) is 3.24. The second kappa shape index (κ2) is 7.01. The topological polar surface area (TPSA) is 73.6 Å². The molecule has 0 saturated carbocycles. The van der Waals surface area contributed by atoms with Gasteiger partial charge in [0.1, 0.15) is 0 Å². The Morgan fingerprint density at radius 1 is 1.15 bits per heavy atom. The van der Waals surface area contributed by atoms with Crippen molar-refractivity contribution in [1.82, 2.24) is 19.6 Å². The van der Waals surface area contributed by atoms with Crippen LogP contribution in [0, 0.1) is 0 Å². The summed E-state index contributed by atoms with van der Waals surface area (Å²) < 4.78 is 12.4. The van der Waals surface area contributed by atoms with Gasteiger partial charge in [-0.3, -0.25) is 4.98 Å². The fourth-order valence-electron chi connectivity index (χ4n) is 2.59. The molecule has 0 aliphatic rings. The number of benzene rings is 1. The molecule has 0 amide bonds. The fraction of sp³-hybridized carbons (Fsp3) is 0.167. The van der Waals surface area contributed by atoms with Gasteiger partial charge in [-0.2, -0.15) is 0 Å². The number of methoxy groups -OCH3 is 2. The van der Waals surface area contributed by atoms with Crippen molar-refractivity contribution < 1.29 is 9.47 Å². The number of nitrogens with one attached hydrogen (secondary N) is 1. The molecule has 0 saturated heterocycles. The van der Waals surface area contributed by atoms with Crippen LogP contribution >= 0.6 is 11.3 Å². The van der Waals surface area contributed by atoms with Crippen LogP contribution in [0.15, 0.2) is 48.9 Å². The Morgan fingerprint density at radius 3 is 2.77 bits per heavy atom. The lowest BCUT2D eigenvalue weighted by Crippen LogP contribution is -1.99. The molecule has 132 valence electrons. The zero-order valence-electron chi connectivity index (χ0n) is 14.3. The summed E-state index contributed by atoms with van der Waals surface area (Å²) in [5.41, 5.74) is 2.89. The lowest BCUT2D eigenvalue weighted by molar-refractivity contribution is 0.355. The Balaban J connectivity index is 1.55. The molecule has 0 aliphatic carbocycles. The molecule has 8 heteroatoms. The molecule has 1 aromatic carbocycles. The number of nitrogens with zero attached hydrogens (tertiary/aromatic N) is 4.